The summed E-state index contributed by atoms with van der Waals surface area (Å²) >= 11 is 0. The highest BCUT2D eigenvalue weighted by molar-refractivity contribution is 5.80. The van der Waals surface area contributed by atoms with Crippen molar-refractivity contribution in [2.24, 2.45) is 10.9 Å². The minimum Gasteiger partial charge on any atom is -0.409 e. The van der Waals surface area contributed by atoms with Crippen LogP contribution in [0.25, 0.3) is 0 Å². The first kappa shape index (κ1) is 16.2. The van der Waals surface area contributed by atoms with Crippen LogP contribution in [0.5, 0.6) is 0 Å². The highest BCUT2D eigenvalue weighted by atomic mass is 16.5. The molecule has 2 atom stereocenters. The lowest BCUT2D eigenvalue weighted by atomic mass is 9.85. The fourth-order valence-electron chi connectivity index (χ4n) is 2.86. The molecule has 4 N–H and O–H groups in total. The van der Waals surface area contributed by atoms with Gasteiger partial charge in [-0.15, -0.1) is 0 Å². The van der Waals surface area contributed by atoms with Crippen LogP contribution in [0.3, 0.4) is 0 Å². The Morgan fingerprint density at radius 1 is 1.47 bits per heavy atom. The van der Waals surface area contributed by atoms with E-state index in [9.17, 15) is 0 Å². The lowest BCUT2D eigenvalue weighted by Gasteiger charge is -2.41. The molecule has 5 heteroatoms. The molecule has 1 aliphatic heterocycles. The lowest BCUT2D eigenvalue weighted by Crippen LogP contribution is -2.49. The third-order valence-corrected chi connectivity index (χ3v) is 4.33. The van der Waals surface area contributed by atoms with Gasteiger partial charge in [0.15, 0.2) is 0 Å². The predicted molar refractivity (Wildman–Crippen MR) is 77.5 cm³/mol. The van der Waals surface area contributed by atoms with Crippen LogP contribution in [0.1, 0.15) is 59.3 Å². The van der Waals surface area contributed by atoms with Crippen LogP contribution in [0.4, 0.5) is 0 Å². The van der Waals surface area contributed by atoms with Gasteiger partial charge in [0.1, 0.15) is 5.84 Å². The van der Waals surface area contributed by atoms with Crippen LogP contribution in [0.2, 0.25) is 0 Å². The molecule has 1 fully saturated rings. The van der Waals surface area contributed by atoms with Crippen molar-refractivity contribution in [2.75, 3.05) is 6.61 Å². The van der Waals surface area contributed by atoms with Gasteiger partial charge in [-0.2, -0.15) is 0 Å². The van der Waals surface area contributed by atoms with Gasteiger partial charge in [-0.05, 0) is 32.1 Å². The summed E-state index contributed by atoms with van der Waals surface area (Å²) in [5.74, 6) is 0.295. The van der Waals surface area contributed by atoms with E-state index >= 15 is 0 Å². The normalized spacial score (nSPS) is 25.2. The molecular weight excluding hydrogens is 242 g/mol. The summed E-state index contributed by atoms with van der Waals surface area (Å²) in [6.45, 7) is 7.33. The molecule has 0 aromatic carbocycles. The molecule has 0 aliphatic carbocycles. The van der Waals surface area contributed by atoms with E-state index in [0.29, 0.717) is 18.3 Å². The Morgan fingerprint density at radius 3 is 2.68 bits per heavy atom. The summed E-state index contributed by atoms with van der Waals surface area (Å²) in [6.07, 6.45) is 5.76. The van der Waals surface area contributed by atoms with Gasteiger partial charge >= 0.3 is 0 Å². The fraction of sp³-hybridized carbons (Fsp3) is 0.929. The lowest BCUT2D eigenvalue weighted by molar-refractivity contribution is -0.0940. The van der Waals surface area contributed by atoms with Crippen molar-refractivity contribution < 1.29 is 9.94 Å². The first-order valence-corrected chi connectivity index (χ1v) is 7.45. The zero-order valence-electron chi connectivity index (χ0n) is 12.5. The number of nitrogens with one attached hydrogen (secondary N) is 1. The number of nitrogens with zero attached hydrogens (tertiary/aromatic N) is 1. The Hall–Kier alpha value is -0.810. The number of oxime groups is 1. The van der Waals surface area contributed by atoms with Crippen molar-refractivity contribution in [2.45, 2.75) is 77.0 Å². The summed E-state index contributed by atoms with van der Waals surface area (Å²) in [6, 6.07) is 0.732. The van der Waals surface area contributed by atoms with Gasteiger partial charge in [0, 0.05) is 25.1 Å². The largest absolute Gasteiger partial charge is 0.409 e. The van der Waals surface area contributed by atoms with Crippen molar-refractivity contribution in [3.63, 3.8) is 0 Å². The smallest absolute Gasteiger partial charge is 0.140 e. The van der Waals surface area contributed by atoms with Gasteiger partial charge in [0.25, 0.3) is 0 Å². The maximum Gasteiger partial charge on any atom is 0.140 e. The first-order valence-electron chi connectivity index (χ1n) is 7.45. The van der Waals surface area contributed by atoms with Crippen LogP contribution in [-0.2, 0) is 4.74 Å². The molecule has 0 amide bonds. The summed E-state index contributed by atoms with van der Waals surface area (Å²) < 4.78 is 5.98. The van der Waals surface area contributed by atoms with Gasteiger partial charge in [-0.3, -0.25) is 0 Å². The van der Waals surface area contributed by atoms with Crippen molar-refractivity contribution >= 4 is 5.84 Å². The molecule has 1 rings (SSSR count). The SMILES string of the molecule is CCC(CC(N)=NO)NC1CCOC(CC)(CC)C1. The number of nitrogens with two attached hydrogens (primary N) is 1. The first-order chi connectivity index (χ1) is 9.09. The molecule has 5 nitrogen and oxygen atoms in total. The van der Waals surface area contributed by atoms with Crippen LogP contribution < -0.4 is 11.1 Å². The molecule has 1 saturated heterocycles. The van der Waals surface area contributed by atoms with Crippen LogP contribution >= 0.6 is 0 Å². The van der Waals surface area contributed by atoms with Crippen LogP contribution in [0.15, 0.2) is 5.16 Å². The molecular formula is C14H29N3O2. The van der Waals surface area contributed by atoms with E-state index < -0.39 is 0 Å². The predicted octanol–water partition coefficient (Wildman–Crippen LogP) is 2.23. The second-order valence-electron chi connectivity index (χ2n) is 5.50. The molecule has 112 valence electrons. The molecule has 2 unspecified atom stereocenters. The minimum absolute atomic E-state index is 0.0326. The molecule has 0 bridgehead atoms. The highest BCUT2D eigenvalue weighted by Crippen LogP contribution is 2.31. The van der Waals surface area contributed by atoms with Gasteiger partial charge in [0.05, 0.1) is 5.60 Å². The number of ether oxygens (including phenoxy) is 1. The quantitative estimate of drug-likeness (QED) is 0.287. The summed E-state index contributed by atoms with van der Waals surface area (Å²) in [5.41, 5.74) is 5.63. The second kappa shape index (κ2) is 7.70. The van der Waals surface area contributed by atoms with Gasteiger partial charge in [-0.1, -0.05) is 25.9 Å². The van der Waals surface area contributed by atoms with Crippen LogP contribution in [-0.4, -0.2) is 35.3 Å². The number of hydrogen-bond donors (Lipinski definition) is 3. The van der Waals surface area contributed by atoms with E-state index in [2.05, 4.69) is 31.2 Å². The molecule has 0 saturated carbocycles. The van der Waals surface area contributed by atoms with Crippen molar-refractivity contribution in [3.05, 3.63) is 0 Å². The maximum absolute atomic E-state index is 8.66. The summed E-state index contributed by atoms with van der Waals surface area (Å²) in [5, 5.41) is 15.4. The third kappa shape index (κ3) is 4.66. The summed E-state index contributed by atoms with van der Waals surface area (Å²) in [4.78, 5) is 0. The summed E-state index contributed by atoms with van der Waals surface area (Å²) in [7, 11) is 0. The molecule has 0 aromatic heterocycles. The highest BCUT2D eigenvalue weighted by Gasteiger charge is 2.34. The van der Waals surface area contributed by atoms with Gasteiger partial charge in [0.2, 0.25) is 0 Å². The average Bonchev–Trinajstić information content (AvgIpc) is 2.46. The second-order valence-corrected chi connectivity index (χ2v) is 5.50. The van der Waals surface area contributed by atoms with Crippen molar-refractivity contribution in [1.29, 1.82) is 0 Å². The standard InChI is InChI=1S/C14H29N3O2/c1-4-11(9-13(15)17-18)16-12-7-8-19-14(5-2,6-3)10-12/h11-12,16,18H,4-10H2,1-3H3,(H2,15,17). The Kier molecular flexibility index (Phi) is 6.58. The zero-order chi connectivity index (χ0) is 14.3. The average molecular weight is 271 g/mol. The van der Waals surface area contributed by atoms with E-state index in [0.717, 1.165) is 38.7 Å². The molecule has 19 heavy (non-hydrogen) atoms. The fourth-order valence-corrected chi connectivity index (χ4v) is 2.86. The number of rotatable bonds is 7. The van der Waals surface area contributed by atoms with Crippen molar-refractivity contribution in [1.82, 2.24) is 5.32 Å². The van der Waals surface area contributed by atoms with Crippen LogP contribution in [0, 0.1) is 0 Å². The number of amidine groups is 1. The Balaban J connectivity index is 2.55. The van der Waals surface area contributed by atoms with Gasteiger partial charge < -0.3 is 21.0 Å². The molecule has 0 aromatic rings. The van der Waals surface area contributed by atoms with E-state index in [-0.39, 0.29) is 11.6 Å². The number of hydrogen-bond acceptors (Lipinski definition) is 4. The maximum atomic E-state index is 8.66. The van der Waals surface area contributed by atoms with E-state index in [4.69, 9.17) is 15.7 Å². The Labute approximate surface area is 116 Å². The van der Waals surface area contributed by atoms with Gasteiger partial charge in [-0.25, -0.2) is 0 Å². The Bertz CT molecular complexity index is 290. The van der Waals surface area contributed by atoms with Crippen molar-refractivity contribution in [3.8, 4) is 0 Å². The minimum atomic E-state index is 0.0326. The van der Waals surface area contributed by atoms with E-state index in [1.807, 2.05) is 0 Å². The Morgan fingerprint density at radius 2 is 2.16 bits per heavy atom. The van der Waals surface area contributed by atoms with E-state index in [1.165, 1.54) is 0 Å². The topological polar surface area (TPSA) is 79.9 Å². The molecule has 1 aliphatic rings. The molecule has 0 radical (unpaired) electrons. The third-order valence-electron chi connectivity index (χ3n) is 4.33. The molecule has 0 spiro atoms. The monoisotopic (exact) mass is 271 g/mol. The molecule has 1 heterocycles. The van der Waals surface area contributed by atoms with E-state index in [1.54, 1.807) is 0 Å². The zero-order valence-corrected chi connectivity index (χ0v) is 12.5.